The van der Waals surface area contributed by atoms with Crippen molar-refractivity contribution < 1.29 is 37.6 Å². The molecule has 2 unspecified atom stereocenters. The number of rotatable bonds is 71. The van der Waals surface area contributed by atoms with Crippen molar-refractivity contribution in [2.75, 3.05) is 26.4 Å². The molecule has 0 aromatic carbocycles. The maximum atomic E-state index is 12.8. The minimum absolute atomic E-state index is 0.0480. The summed E-state index contributed by atoms with van der Waals surface area (Å²) >= 11 is 0. The zero-order chi connectivity index (χ0) is 65.8. The molecule has 0 saturated heterocycles. The van der Waals surface area contributed by atoms with Gasteiger partial charge in [-0.1, -0.05) is 347 Å². The van der Waals surface area contributed by atoms with Crippen LogP contribution in [0.25, 0.3) is 0 Å². The Hall–Kier alpha value is -3.59. The molecule has 9 nitrogen and oxygen atoms in total. The van der Waals surface area contributed by atoms with E-state index < -0.39 is 26.5 Å². The average Bonchev–Trinajstić information content (AvgIpc) is 3.74. The van der Waals surface area contributed by atoms with Crippen molar-refractivity contribution in [3.63, 3.8) is 0 Å². The monoisotopic (exact) mass is 1290 g/mol. The van der Waals surface area contributed by atoms with Gasteiger partial charge in [-0.25, -0.2) is 4.57 Å². The van der Waals surface area contributed by atoms with Crippen LogP contribution in [0, 0.1) is 0 Å². The van der Waals surface area contributed by atoms with Crippen LogP contribution in [0.3, 0.4) is 0 Å². The zero-order valence-corrected chi connectivity index (χ0v) is 59.9. The van der Waals surface area contributed by atoms with Gasteiger partial charge in [-0.15, -0.1) is 0 Å². The molecule has 0 heterocycles. The van der Waals surface area contributed by atoms with E-state index in [0.29, 0.717) is 6.42 Å². The number of esters is 2. The lowest BCUT2D eigenvalue weighted by Gasteiger charge is -2.19. The molecule has 0 aliphatic carbocycles. The van der Waals surface area contributed by atoms with E-state index in [1.54, 1.807) is 0 Å². The average molecular weight is 1290 g/mol. The molecule has 0 radical (unpaired) electrons. The number of carbonyl (C=O) groups is 2. The van der Waals surface area contributed by atoms with Gasteiger partial charge in [-0.05, 0) is 109 Å². The number of hydrogen-bond donors (Lipinski definition) is 2. The van der Waals surface area contributed by atoms with Crippen molar-refractivity contribution in [2.45, 2.75) is 354 Å². The van der Waals surface area contributed by atoms with Crippen molar-refractivity contribution in [3.05, 3.63) is 122 Å². The van der Waals surface area contributed by atoms with E-state index in [-0.39, 0.29) is 38.6 Å². The Morgan fingerprint density at radius 3 is 0.901 bits per heavy atom. The first-order valence-corrected chi connectivity index (χ1v) is 39.5. The summed E-state index contributed by atoms with van der Waals surface area (Å²) in [5.41, 5.74) is 5.41. The molecule has 0 rings (SSSR count). The molecule has 0 aliphatic rings. The van der Waals surface area contributed by atoms with Crippen LogP contribution in [0.15, 0.2) is 122 Å². The van der Waals surface area contributed by atoms with Gasteiger partial charge in [-0.3, -0.25) is 18.6 Å². The Morgan fingerprint density at radius 2 is 0.604 bits per heavy atom. The lowest BCUT2D eigenvalue weighted by molar-refractivity contribution is -0.161. The summed E-state index contributed by atoms with van der Waals surface area (Å²) in [7, 11) is -4.40. The van der Waals surface area contributed by atoms with Gasteiger partial charge in [0, 0.05) is 19.4 Å². The van der Waals surface area contributed by atoms with Crippen molar-refractivity contribution in [1.82, 2.24) is 0 Å². The summed E-state index contributed by atoms with van der Waals surface area (Å²) in [6, 6.07) is 0. The van der Waals surface area contributed by atoms with E-state index in [9.17, 15) is 19.0 Å². The molecule has 0 amide bonds. The van der Waals surface area contributed by atoms with Gasteiger partial charge in [0.05, 0.1) is 13.2 Å². The number of phosphoric ester groups is 1. The third-order valence-corrected chi connectivity index (χ3v) is 17.3. The second kappa shape index (κ2) is 75.4. The fourth-order valence-corrected chi connectivity index (χ4v) is 11.5. The van der Waals surface area contributed by atoms with Gasteiger partial charge in [0.15, 0.2) is 6.10 Å². The summed E-state index contributed by atoms with van der Waals surface area (Å²) in [5.74, 6) is -0.830. The highest BCUT2D eigenvalue weighted by molar-refractivity contribution is 7.47. The summed E-state index contributed by atoms with van der Waals surface area (Å²) in [6.07, 6.45) is 106. The first kappa shape index (κ1) is 87.4. The molecule has 0 aliphatic heterocycles. The predicted octanol–water partition coefficient (Wildman–Crippen LogP) is 25.4. The highest BCUT2D eigenvalue weighted by Crippen LogP contribution is 2.43. The van der Waals surface area contributed by atoms with Crippen LogP contribution in [-0.2, 0) is 32.7 Å². The summed E-state index contributed by atoms with van der Waals surface area (Å²) in [4.78, 5) is 35.4. The molecule has 2 atom stereocenters. The largest absolute Gasteiger partial charge is 0.472 e. The first-order chi connectivity index (χ1) is 44.8. The number of allylic oxidation sites excluding steroid dienone is 20. The fraction of sp³-hybridized carbons (Fsp3) is 0.728. The highest BCUT2D eigenvalue weighted by atomic mass is 31.2. The Morgan fingerprint density at radius 1 is 0.341 bits per heavy atom. The number of nitrogens with two attached hydrogens (primary N) is 1. The van der Waals surface area contributed by atoms with E-state index in [2.05, 4.69) is 135 Å². The van der Waals surface area contributed by atoms with Crippen LogP contribution >= 0.6 is 7.82 Å². The number of ether oxygens (including phenoxy) is 2. The maximum Gasteiger partial charge on any atom is 0.472 e. The number of phosphoric acid groups is 1. The van der Waals surface area contributed by atoms with Gasteiger partial charge in [0.1, 0.15) is 6.61 Å². The number of unbranched alkanes of at least 4 members (excludes halogenated alkanes) is 38. The number of carbonyl (C=O) groups excluding carboxylic acids is 2. The summed E-state index contributed by atoms with van der Waals surface area (Å²) in [6.45, 7) is 3.64. The normalized spacial score (nSPS) is 13.6. The lowest BCUT2D eigenvalue weighted by atomic mass is 10.0. The third-order valence-electron chi connectivity index (χ3n) is 16.3. The van der Waals surface area contributed by atoms with Crippen LogP contribution in [0.1, 0.15) is 348 Å². The minimum atomic E-state index is -4.40. The van der Waals surface area contributed by atoms with E-state index in [0.717, 1.165) is 103 Å². The van der Waals surface area contributed by atoms with E-state index >= 15 is 0 Å². The fourth-order valence-electron chi connectivity index (χ4n) is 10.7. The Kier molecular flexibility index (Phi) is 72.5. The maximum absolute atomic E-state index is 12.8. The van der Waals surface area contributed by atoms with Crippen molar-refractivity contribution in [1.29, 1.82) is 0 Å². The van der Waals surface area contributed by atoms with Crippen LogP contribution in [0.2, 0.25) is 0 Å². The molecule has 0 aromatic heterocycles. The molecular weight excluding hydrogens is 1150 g/mol. The number of hydrogen-bond acceptors (Lipinski definition) is 8. The second-order valence-electron chi connectivity index (χ2n) is 25.1. The van der Waals surface area contributed by atoms with Crippen LogP contribution in [0.4, 0.5) is 0 Å². The lowest BCUT2D eigenvalue weighted by Crippen LogP contribution is -2.29. The standard InChI is InChI=1S/C81H142NO8P/c1-3-5-7-9-11-13-15-17-19-21-23-25-27-29-31-33-35-37-38-39-40-42-43-45-47-49-51-53-55-57-59-61-63-65-67-69-71-73-80(83)87-77-79(78-89-91(85,86)88-76-75-82)90-81(84)74-72-70-68-66-64-62-60-58-56-54-52-50-48-46-44-41-36-34-32-30-28-26-24-22-20-18-16-14-12-10-8-6-4-2/h6,8,12,14-15,17-18,20-21,23-24,26,30,32,36,41,46,48,52,54,79H,3-5,7,9-11,13,16,19,22,25,27-29,31,33-35,37-40,42-45,47,49-51,53,55-78,82H2,1-2H3,(H,85,86)/b8-6-,14-12-,17-15-,20-18-,23-21-,26-24-,32-30-,41-36-,48-46-,54-52-. The molecule has 0 aromatic rings. The SMILES string of the molecule is CC/C=C\C/C=C\C/C=C\C/C=C\C/C=C\C/C=C\C/C=C\C/C=C\CCCCCCCCCCC(=O)OC(COC(=O)CCCCCCCCCCCCCCCCCCCCCCCCCCC/C=C\C/C=C\CCCCCCC)COP(=O)(O)OCCN. The second-order valence-corrected chi connectivity index (χ2v) is 26.6. The van der Waals surface area contributed by atoms with Gasteiger partial charge in [-0.2, -0.15) is 0 Å². The molecule has 0 saturated carbocycles. The van der Waals surface area contributed by atoms with E-state index in [1.165, 1.54) is 212 Å². The smallest absolute Gasteiger partial charge is 0.462 e. The highest BCUT2D eigenvalue weighted by Gasteiger charge is 2.26. The minimum Gasteiger partial charge on any atom is -0.462 e. The van der Waals surface area contributed by atoms with Crippen molar-refractivity contribution in [2.24, 2.45) is 5.73 Å². The molecule has 0 bridgehead atoms. The van der Waals surface area contributed by atoms with Crippen molar-refractivity contribution in [3.8, 4) is 0 Å². The molecule has 3 N–H and O–H groups in total. The quantitative estimate of drug-likeness (QED) is 0.0264. The van der Waals surface area contributed by atoms with Gasteiger partial charge in [0.2, 0.25) is 0 Å². The molecule has 524 valence electrons. The Balaban J connectivity index is 3.86. The van der Waals surface area contributed by atoms with E-state index in [4.69, 9.17) is 24.3 Å². The molecule has 91 heavy (non-hydrogen) atoms. The van der Waals surface area contributed by atoms with Gasteiger partial charge >= 0.3 is 19.8 Å². The van der Waals surface area contributed by atoms with Crippen LogP contribution in [0.5, 0.6) is 0 Å². The summed E-state index contributed by atoms with van der Waals surface area (Å²) < 4.78 is 33.2. The molecule has 10 heteroatoms. The van der Waals surface area contributed by atoms with Gasteiger partial charge in [0.25, 0.3) is 0 Å². The molecular formula is C81H142NO8P. The van der Waals surface area contributed by atoms with Crippen molar-refractivity contribution >= 4 is 19.8 Å². The Labute approximate surface area is 561 Å². The van der Waals surface area contributed by atoms with Crippen LogP contribution in [-0.4, -0.2) is 49.3 Å². The van der Waals surface area contributed by atoms with Gasteiger partial charge < -0.3 is 20.1 Å². The zero-order valence-electron chi connectivity index (χ0n) is 59.1. The topological polar surface area (TPSA) is 134 Å². The Bertz CT molecular complexity index is 1910. The summed E-state index contributed by atoms with van der Waals surface area (Å²) in [5, 5.41) is 0. The van der Waals surface area contributed by atoms with Crippen LogP contribution < -0.4 is 5.73 Å². The third kappa shape index (κ3) is 75.3. The predicted molar refractivity (Wildman–Crippen MR) is 394 cm³/mol. The van der Waals surface area contributed by atoms with E-state index in [1.807, 2.05) is 0 Å². The first-order valence-electron chi connectivity index (χ1n) is 38.0. The molecule has 0 spiro atoms. The molecule has 0 fully saturated rings.